The zero-order valence-electron chi connectivity index (χ0n) is 11.2. The van der Waals surface area contributed by atoms with Crippen molar-refractivity contribution in [2.75, 3.05) is 7.11 Å². The molecule has 0 saturated heterocycles. The Kier molecular flexibility index (Phi) is 4.65. The van der Waals surface area contributed by atoms with E-state index in [-0.39, 0.29) is 6.42 Å². The first-order chi connectivity index (χ1) is 9.90. The largest absolute Gasteiger partial charge is 0.465 e. The Labute approximate surface area is 127 Å². The minimum Gasteiger partial charge on any atom is -0.465 e. The Morgan fingerprint density at radius 3 is 2.48 bits per heavy atom. The van der Waals surface area contributed by atoms with Crippen LogP contribution in [0.5, 0.6) is 0 Å². The van der Waals surface area contributed by atoms with Crippen molar-refractivity contribution in [1.82, 2.24) is 0 Å². The zero-order valence-corrected chi connectivity index (χ0v) is 12.8. The maximum absolute atomic E-state index is 11.8. The minimum atomic E-state index is -3.75. The fourth-order valence-electron chi connectivity index (χ4n) is 2.11. The monoisotopic (exact) mass is 324 g/mol. The van der Waals surface area contributed by atoms with Gasteiger partial charge in [0.2, 0.25) is 0 Å². The van der Waals surface area contributed by atoms with E-state index in [4.69, 9.17) is 15.4 Å². The molecule has 2 rings (SSSR count). The molecule has 0 spiro atoms. The fraction of sp³-hybridized carbons (Fsp3) is 0.133. The topological polar surface area (TPSA) is 60.4 Å². The molecule has 0 aliphatic heterocycles. The van der Waals surface area contributed by atoms with Crippen LogP contribution in [0.3, 0.4) is 0 Å². The lowest BCUT2D eigenvalue weighted by Crippen LogP contribution is -2.09. The number of carbonyl (C=O) groups excluding carboxylic acids is 1. The number of benzene rings is 1. The maximum Gasteiger partial charge on any atom is 0.338 e. The van der Waals surface area contributed by atoms with E-state index < -0.39 is 15.0 Å². The van der Waals surface area contributed by atoms with Crippen LogP contribution in [-0.4, -0.2) is 21.5 Å². The summed E-state index contributed by atoms with van der Waals surface area (Å²) in [6.07, 6.45) is 3.39. The van der Waals surface area contributed by atoms with Crippen LogP contribution in [0.2, 0.25) is 0 Å². The molecule has 0 N–H and O–H groups in total. The van der Waals surface area contributed by atoms with Crippen LogP contribution < -0.4 is 0 Å². The zero-order chi connectivity index (χ0) is 15.5. The molecule has 1 aliphatic carbocycles. The van der Waals surface area contributed by atoms with Crippen molar-refractivity contribution in [3.05, 3.63) is 64.6 Å². The second kappa shape index (κ2) is 6.28. The van der Waals surface area contributed by atoms with Gasteiger partial charge in [-0.1, -0.05) is 36.4 Å². The summed E-state index contributed by atoms with van der Waals surface area (Å²) in [4.78, 5) is 11.8. The quantitative estimate of drug-likeness (QED) is 0.633. The molecule has 0 radical (unpaired) electrons. The van der Waals surface area contributed by atoms with Crippen LogP contribution >= 0.6 is 10.7 Å². The third kappa shape index (κ3) is 4.06. The number of ether oxygens (including phenoxy) is 1. The van der Waals surface area contributed by atoms with Gasteiger partial charge < -0.3 is 4.74 Å². The molecule has 0 heterocycles. The van der Waals surface area contributed by atoms with E-state index in [1.165, 1.54) is 7.11 Å². The molecule has 0 atom stereocenters. The molecule has 0 saturated carbocycles. The Morgan fingerprint density at radius 2 is 1.90 bits per heavy atom. The third-order valence-electron chi connectivity index (χ3n) is 2.99. The molecular formula is C15H13ClO4S. The summed E-state index contributed by atoms with van der Waals surface area (Å²) in [6, 6.07) is 9.25. The number of carbonyl (C=O) groups is 1. The molecule has 110 valence electrons. The second-order valence-electron chi connectivity index (χ2n) is 4.43. The number of allylic oxidation sites excluding steroid dienone is 3. The molecule has 6 heteroatoms. The highest BCUT2D eigenvalue weighted by Crippen LogP contribution is 2.32. The molecule has 0 aromatic heterocycles. The first-order valence-electron chi connectivity index (χ1n) is 6.11. The highest BCUT2D eigenvalue weighted by atomic mass is 35.7. The van der Waals surface area contributed by atoms with Crippen molar-refractivity contribution < 1.29 is 17.9 Å². The first kappa shape index (κ1) is 15.5. The molecular weight excluding hydrogens is 312 g/mol. The van der Waals surface area contributed by atoms with Gasteiger partial charge in [0, 0.05) is 16.1 Å². The highest BCUT2D eigenvalue weighted by Gasteiger charge is 2.20. The summed E-state index contributed by atoms with van der Waals surface area (Å²) in [7, 11) is 2.79. The van der Waals surface area contributed by atoms with E-state index in [1.807, 2.05) is 30.3 Å². The van der Waals surface area contributed by atoms with Crippen molar-refractivity contribution in [2.24, 2.45) is 0 Å². The van der Waals surface area contributed by atoms with Gasteiger partial charge in [-0.15, -0.1) is 0 Å². The molecule has 0 fully saturated rings. The number of esters is 1. The Balaban J connectivity index is 2.51. The summed E-state index contributed by atoms with van der Waals surface area (Å²) < 4.78 is 27.1. The van der Waals surface area contributed by atoms with Crippen LogP contribution in [0.4, 0.5) is 0 Å². The van der Waals surface area contributed by atoms with Gasteiger partial charge in [0.05, 0.1) is 12.7 Å². The van der Waals surface area contributed by atoms with E-state index in [9.17, 15) is 13.2 Å². The van der Waals surface area contributed by atoms with Crippen LogP contribution in [0.1, 0.15) is 12.0 Å². The average Bonchev–Trinajstić information content (AvgIpc) is 2.45. The molecule has 1 aromatic rings. The summed E-state index contributed by atoms with van der Waals surface area (Å²) in [5.41, 5.74) is 2.46. The highest BCUT2D eigenvalue weighted by molar-refractivity contribution is 8.16. The summed E-state index contributed by atoms with van der Waals surface area (Å²) in [5.74, 6) is -0.460. The van der Waals surface area contributed by atoms with Gasteiger partial charge in [-0.05, 0) is 29.2 Å². The van der Waals surface area contributed by atoms with Gasteiger partial charge >= 0.3 is 5.97 Å². The molecule has 4 nitrogen and oxygen atoms in total. The SMILES string of the molecule is COC(=O)C1=C(c2ccccc2)CC(=CS(=O)(=O)Cl)C=C1. The van der Waals surface area contributed by atoms with E-state index in [0.29, 0.717) is 16.7 Å². The molecule has 21 heavy (non-hydrogen) atoms. The summed E-state index contributed by atoms with van der Waals surface area (Å²) in [5, 5.41) is 0.988. The number of methoxy groups -OCH3 is 1. The molecule has 1 aliphatic rings. The number of halogens is 1. The van der Waals surface area contributed by atoms with Gasteiger partial charge in [0.1, 0.15) is 0 Å². The van der Waals surface area contributed by atoms with Crippen LogP contribution in [0.25, 0.3) is 5.57 Å². The summed E-state index contributed by atoms with van der Waals surface area (Å²) >= 11 is 0. The van der Waals surface area contributed by atoms with Gasteiger partial charge in [0.15, 0.2) is 0 Å². The molecule has 0 unspecified atom stereocenters. The lowest BCUT2D eigenvalue weighted by atomic mass is 9.89. The number of hydrogen-bond acceptors (Lipinski definition) is 4. The number of rotatable bonds is 3. The molecule has 0 amide bonds. The predicted molar refractivity (Wildman–Crippen MR) is 82.0 cm³/mol. The van der Waals surface area contributed by atoms with Crippen molar-refractivity contribution in [1.29, 1.82) is 0 Å². The number of hydrogen-bond donors (Lipinski definition) is 0. The van der Waals surface area contributed by atoms with Gasteiger partial charge in [-0.2, -0.15) is 0 Å². The molecule has 1 aromatic carbocycles. The normalized spacial score (nSPS) is 17.1. The van der Waals surface area contributed by atoms with Gasteiger partial charge in [-0.3, -0.25) is 0 Å². The minimum absolute atomic E-state index is 0.289. The lowest BCUT2D eigenvalue weighted by Gasteiger charge is -2.16. The maximum atomic E-state index is 11.8. The van der Waals surface area contributed by atoms with Crippen molar-refractivity contribution in [2.45, 2.75) is 6.42 Å². The van der Waals surface area contributed by atoms with Crippen LogP contribution in [0.15, 0.2) is 59.0 Å². The average molecular weight is 325 g/mol. The van der Waals surface area contributed by atoms with E-state index >= 15 is 0 Å². The Hall–Kier alpha value is -1.85. The first-order valence-corrected chi connectivity index (χ1v) is 8.48. The summed E-state index contributed by atoms with van der Waals surface area (Å²) in [6.45, 7) is 0. The van der Waals surface area contributed by atoms with Crippen molar-refractivity contribution in [3.8, 4) is 0 Å². The van der Waals surface area contributed by atoms with Gasteiger partial charge in [-0.25, -0.2) is 13.2 Å². The van der Waals surface area contributed by atoms with Crippen LogP contribution in [0, 0.1) is 0 Å². The molecule has 0 bridgehead atoms. The standard InChI is InChI=1S/C15H13ClO4S/c1-20-15(17)13-8-7-11(10-21(16,18)19)9-14(13)12-5-3-2-4-6-12/h2-8,10H,9H2,1H3. The van der Waals surface area contributed by atoms with E-state index in [2.05, 4.69) is 0 Å². The van der Waals surface area contributed by atoms with Gasteiger partial charge in [0.25, 0.3) is 9.05 Å². The van der Waals surface area contributed by atoms with E-state index in [0.717, 1.165) is 11.0 Å². The predicted octanol–water partition coefficient (Wildman–Crippen LogP) is 3.03. The smallest absolute Gasteiger partial charge is 0.338 e. The Bertz CT molecular complexity index is 743. The van der Waals surface area contributed by atoms with Crippen molar-refractivity contribution >= 4 is 31.3 Å². The Morgan fingerprint density at radius 1 is 1.24 bits per heavy atom. The van der Waals surface area contributed by atoms with E-state index in [1.54, 1.807) is 12.2 Å². The lowest BCUT2D eigenvalue weighted by molar-refractivity contribution is -0.135. The van der Waals surface area contributed by atoms with Crippen LogP contribution in [-0.2, 0) is 18.6 Å². The third-order valence-corrected chi connectivity index (χ3v) is 3.84. The fourth-order valence-corrected chi connectivity index (χ4v) is 2.98. The second-order valence-corrected chi connectivity index (χ2v) is 6.91. The van der Waals surface area contributed by atoms with Crippen molar-refractivity contribution in [3.63, 3.8) is 0 Å².